The van der Waals surface area contributed by atoms with Gasteiger partial charge in [0, 0.05) is 18.9 Å². The van der Waals surface area contributed by atoms with Gasteiger partial charge in [-0.25, -0.2) is 4.79 Å². The first-order valence-corrected chi connectivity index (χ1v) is 7.97. The lowest BCUT2D eigenvalue weighted by Gasteiger charge is -2.10. The van der Waals surface area contributed by atoms with Gasteiger partial charge in [-0.1, -0.05) is 45.4 Å². The van der Waals surface area contributed by atoms with E-state index in [0.29, 0.717) is 12.2 Å². The van der Waals surface area contributed by atoms with E-state index in [1.165, 1.54) is 25.3 Å². The largest absolute Gasteiger partial charge is 0.507 e. The number of aryl methyl sites for hydroxylation is 1. The molecule has 1 N–H and O–H groups in total. The number of hydrogen-bond donors (Lipinski definition) is 1. The molecule has 0 fully saturated rings. The van der Waals surface area contributed by atoms with Crippen molar-refractivity contribution in [3.63, 3.8) is 0 Å². The lowest BCUT2D eigenvalue weighted by molar-refractivity contribution is 0.0955. The van der Waals surface area contributed by atoms with Gasteiger partial charge >= 0.3 is 5.63 Å². The van der Waals surface area contributed by atoms with Crippen LogP contribution in [0, 0.1) is 5.92 Å². The van der Waals surface area contributed by atoms with Crippen LogP contribution in [0.3, 0.4) is 0 Å². The van der Waals surface area contributed by atoms with Crippen LogP contribution in [-0.4, -0.2) is 10.9 Å². The van der Waals surface area contributed by atoms with Crippen LogP contribution >= 0.6 is 0 Å². The molecule has 116 valence electrons. The Morgan fingerprint density at radius 3 is 2.48 bits per heavy atom. The van der Waals surface area contributed by atoms with Crippen LogP contribution in [0.4, 0.5) is 0 Å². The third kappa shape index (κ3) is 4.45. The summed E-state index contributed by atoms with van der Waals surface area (Å²) >= 11 is 0. The smallest absolute Gasteiger partial charge is 0.350 e. The number of rotatable bonds is 0. The summed E-state index contributed by atoms with van der Waals surface area (Å²) in [5, 5.41) is 9.97. The standard InChI is InChI=1S/C17H24O4/c1-12-8-6-4-2-3-5-7-9-13-11-15(19)16(14(18)10-12)17(20)21-13/h11-12,19H,2-10H2,1H3/t12-/m0/s1. The van der Waals surface area contributed by atoms with E-state index < -0.39 is 5.63 Å². The number of carbonyl (C=O) groups excluding carboxylic acids is 1. The van der Waals surface area contributed by atoms with Crippen molar-refractivity contribution < 1.29 is 14.3 Å². The fourth-order valence-corrected chi connectivity index (χ4v) is 2.93. The Morgan fingerprint density at radius 2 is 1.76 bits per heavy atom. The summed E-state index contributed by atoms with van der Waals surface area (Å²) in [7, 11) is 0. The average molecular weight is 292 g/mol. The Balaban J connectivity index is 2.24. The SMILES string of the molecule is C[C@H]1CCCCCCCCc2cc(O)c(c(=O)o2)C(=O)C1. The van der Waals surface area contributed by atoms with E-state index in [9.17, 15) is 14.7 Å². The van der Waals surface area contributed by atoms with E-state index >= 15 is 0 Å². The molecule has 1 aliphatic heterocycles. The van der Waals surface area contributed by atoms with Crippen molar-refractivity contribution in [2.24, 2.45) is 5.92 Å². The molecule has 4 heteroatoms. The monoisotopic (exact) mass is 292 g/mol. The molecule has 4 nitrogen and oxygen atoms in total. The molecule has 21 heavy (non-hydrogen) atoms. The van der Waals surface area contributed by atoms with Gasteiger partial charge in [0.15, 0.2) is 5.78 Å². The molecule has 0 aromatic carbocycles. The first kappa shape index (κ1) is 15.8. The van der Waals surface area contributed by atoms with E-state index in [1.807, 2.05) is 6.92 Å². The maximum absolute atomic E-state index is 12.2. The third-order valence-corrected chi connectivity index (χ3v) is 4.16. The minimum atomic E-state index is -0.697. The fraction of sp³-hybridized carbons (Fsp3) is 0.647. The normalized spacial score (nSPS) is 21.8. The molecule has 0 saturated heterocycles. The van der Waals surface area contributed by atoms with Gasteiger partial charge in [-0.15, -0.1) is 0 Å². The summed E-state index contributed by atoms with van der Waals surface area (Å²) in [5.41, 5.74) is -0.877. The molecule has 0 spiro atoms. The molecule has 2 bridgehead atoms. The maximum Gasteiger partial charge on any atom is 0.350 e. The van der Waals surface area contributed by atoms with Crippen molar-refractivity contribution in [2.75, 3.05) is 0 Å². The van der Waals surface area contributed by atoms with Gasteiger partial charge < -0.3 is 9.52 Å². The summed E-state index contributed by atoms with van der Waals surface area (Å²) in [6, 6.07) is 1.43. The molecule has 0 radical (unpaired) electrons. The number of ketones is 1. The van der Waals surface area contributed by atoms with Gasteiger partial charge in [0.2, 0.25) is 0 Å². The van der Waals surface area contributed by atoms with Gasteiger partial charge in [-0.2, -0.15) is 0 Å². The highest BCUT2D eigenvalue weighted by molar-refractivity contribution is 5.98. The molecule has 2 heterocycles. The quantitative estimate of drug-likeness (QED) is 0.789. The Bertz CT molecular complexity index is 544. The highest BCUT2D eigenvalue weighted by atomic mass is 16.4. The zero-order chi connectivity index (χ0) is 15.2. The number of carbonyl (C=O) groups is 1. The molecular formula is C17H24O4. The van der Waals surface area contributed by atoms with Crippen LogP contribution in [0.1, 0.15) is 74.4 Å². The van der Waals surface area contributed by atoms with Crippen molar-refractivity contribution in [1.82, 2.24) is 0 Å². The van der Waals surface area contributed by atoms with Gasteiger partial charge in [-0.05, 0) is 12.3 Å². The van der Waals surface area contributed by atoms with Crippen LogP contribution in [0.25, 0.3) is 0 Å². The van der Waals surface area contributed by atoms with Crippen molar-refractivity contribution in [3.05, 3.63) is 27.8 Å². The van der Waals surface area contributed by atoms with Crippen LogP contribution in [0.5, 0.6) is 5.75 Å². The van der Waals surface area contributed by atoms with Crippen LogP contribution in [0.15, 0.2) is 15.3 Å². The molecule has 1 aromatic heterocycles. The summed E-state index contributed by atoms with van der Waals surface area (Å²) in [5.74, 6) is 0.154. The van der Waals surface area contributed by atoms with Gasteiger partial charge in [0.25, 0.3) is 0 Å². The number of aromatic hydroxyl groups is 1. The Morgan fingerprint density at radius 1 is 1.10 bits per heavy atom. The zero-order valence-electron chi connectivity index (χ0n) is 12.7. The summed E-state index contributed by atoms with van der Waals surface area (Å²) in [6.07, 6.45) is 8.65. The number of fused-ring (bicyclic) bond motifs is 12. The van der Waals surface area contributed by atoms with E-state index in [1.54, 1.807) is 0 Å². The molecule has 1 aromatic rings. The lowest BCUT2D eigenvalue weighted by Crippen LogP contribution is -2.17. The van der Waals surface area contributed by atoms with E-state index in [0.717, 1.165) is 25.7 Å². The van der Waals surface area contributed by atoms with Crippen molar-refractivity contribution in [2.45, 2.75) is 64.7 Å². The summed E-state index contributed by atoms with van der Waals surface area (Å²) in [4.78, 5) is 24.1. The summed E-state index contributed by atoms with van der Waals surface area (Å²) < 4.78 is 5.19. The Labute approximate surface area is 125 Å². The second-order valence-corrected chi connectivity index (χ2v) is 6.15. The first-order chi connectivity index (χ1) is 10.1. The fourth-order valence-electron chi connectivity index (χ4n) is 2.93. The van der Waals surface area contributed by atoms with Crippen LogP contribution < -0.4 is 5.63 Å². The molecule has 3 rings (SSSR count). The molecule has 0 amide bonds. The van der Waals surface area contributed by atoms with Crippen LogP contribution in [0.2, 0.25) is 0 Å². The van der Waals surface area contributed by atoms with E-state index in [4.69, 9.17) is 4.42 Å². The van der Waals surface area contributed by atoms with Crippen molar-refractivity contribution in [3.8, 4) is 5.75 Å². The zero-order valence-corrected chi connectivity index (χ0v) is 12.7. The van der Waals surface area contributed by atoms with Gasteiger partial charge in [0.1, 0.15) is 17.1 Å². The van der Waals surface area contributed by atoms with Crippen molar-refractivity contribution >= 4 is 5.78 Å². The minimum Gasteiger partial charge on any atom is -0.507 e. The van der Waals surface area contributed by atoms with E-state index in [-0.39, 0.29) is 29.4 Å². The molecular weight excluding hydrogens is 268 g/mol. The summed E-state index contributed by atoms with van der Waals surface area (Å²) in [6.45, 7) is 2.02. The predicted octanol–water partition coefficient (Wildman–Crippen LogP) is 3.84. The number of Topliss-reactive ketones (excluding diaryl/α,β-unsaturated/α-hetero) is 1. The van der Waals surface area contributed by atoms with Gasteiger partial charge in [0.05, 0.1) is 0 Å². The minimum absolute atomic E-state index is 0.180. The van der Waals surface area contributed by atoms with Crippen LogP contribution in [-0.2, 0) is 6.42 Å². The molecule has 0 saturated carbocycles. The molecule has 0 unspecified atom stereocenters. The topological polar surface area (TPSA) is 67.5 Å². The second-order valence-electron chi connectivity index (χ2n) is 6.15. The highest BCUT2D eigenvalue weighted by Gasteiger charge is 2.21. The van der Waals surface area contributed by atoms with Gasteiger partial charge in [-0.3, -0.25) is 4.79 Å². The molecule has 1 atom stereocenters. The second kappa shape index (κ2) is 7.43. The molecule has 2 aliphatic rings. The Hall–Kier alpha value is -1.58. The lowest BCUT2D eigenvalue weighted by atomic mass is 9.95. The average Bonchev–Trinajstić information content (AvgIpc) is 2.40. The highest BCUT2D eigenvalue weighted by Crippen LogP contribution is 2.22. The maximum atomic E-state index is 12.2. The number of hydrogen-bond acceptors (Lipinski definition) is 4. The predicted molar refractivity (Wildman–Crippen MR) is 80.8 cm³/mol. The Kier molecular flexibility index (Phi) is 5.59. The van der Waals surface area contributed by atoms with Crippen molar-refractivity contribution in [1.29, 1.82) is 0 Å². The third-order valence-electron chi connectivity index (χ3n) is 4.16. The molecule has 1 aliphatic carbocycles. The van der Waals surface area contributed by atoms with E-state index in [2.05, 4.69) is 0 Å². The first-order valence-electron chi connectivity index (χ1n) is 7.97.